The molecule has 0 atom stereocenters. The summed E-state index contributed by atoms with van der Waals surface area (Å²) in [6.07, 6.45) is 3.11. The highest BCUT2D eigenvalue weighted by molar-refractivity contribution is 5.77. The second-order valence-electron chi connectivity index (χ2n) is 4.42. The van der Waals surface area contributed by atoms with E-state index in [4.69, 9.17) is 9.47 Å². The molecule has 17 heavy (non-hydrogen) atoms. The van der Waals surface area contributed by atoms with E-state index < -0.39 is 0 Å². The highest BCUT2D eigenvalue weighted by atomic mass is 16.5. The Morgan fingerprint density at radius 2 is 2.12 bits per heavy atom. The molecule has 0 radical (unpaired) electrons. The van der Waals surface area contributed by atoms with Crippen molar-refractivity contribution in [3.8, 4) is 0 Å². The molecule has 1 fully saturated rings. The molecule has 1 amide bonds. The summed E-state index contributed by atoms with van der Waals surface area (Å²) in [6, 6.07) is 0. The maximum Gasteiger partial charge on any atom is 0.248 e. The molecular formula is C12H24N2O3. The van der Waals surface area contributed by atoms with Crippen LogP contribution in [0.2, 0.25) is 0 Å². The fourth-order valence-electron chi connectivity index (χ4n) is 1.83. The average molecular weight is 244 g/mol. The van der Waals surface area contributed by atoms with E-state index in [1.807, 2.05) is 7.05 Å². The Kier molecular flexibility index (Phi) is 7.16. The molecule has 1 saturated heterocycles. The number of nitrogens with one attached hydrogen (secondary N) is 1. The summed E-state index contributed by atoms with van der Waals surface area (Å²) < 4.78 is 10.6. The molecular weight excluding hydrogens is 220 g/mol. The third-order valence-electron chi connectivity index (χ3n) is 3.00. The normalized spacial score (nSPS) is 17.1. The van der Waals surface area contributed by atoms with Gasteiger partial charge in [0, 0.05) is 27.3 Å². The smallest absolute Gasteiger partial charge is 0.248 e. The number of amides is 1. The van der Waals surface area contributed by atoms with E-state index in [0.29, 0.717) is 6.61 Å². The third kappa shape index (κ3) is 6.00. The van der Waals surface area contributed by atoms with Crippen molar-refractivity contribution >= 4 is 5.91 Å². The molecule has 0 aromatic heterocycles. The van der Waals surface area contributed by atoms with Crippen LogP contribution in [0.1, 0.15) is 19.3 Å². The van der Waals surface area contributed by atoms with Crippen LogP contribution in [0.3, 0.4) is 0 Å². The van der Waals surface area contributed by atoms with Crippen molar-refractivity contribution in [2.24, 2.45) is 0 Å². The topological polar surface area (TPSA) is 50.8 Å². The van der Waals surface area contributed by atoms with E-state index in [-0.39, 0.29) is 18.6 Å². The molecule has 1 aliphatic heterocycles. The summed E-state index contributed by atoms with van der Waals surface area (Å²) in [4.78, 5) is 13.4. The first-order chi connectivity index (χ1) is 8.24. The number of likely N-dealkylation sites (N-methyl/N-ethyl adjacent to an activating group) is 1. The van der Waals surface area contributed by atoms with E-state index in [0.717, 1.165) is 38.9 Å². The first-order valence-electron chi connectivity index (χ1n) is 6.29. The summed E-state index contributed by atoms with van der Waals surface area (Å²) in [6.45, 7) is 3.59. The molecule has 0 spiro atoms. The van der Waals surface area contributed by atoms with Crippen LogP contribution in [0.15, 0.2) is 0 Å². The fraction of sp³-hybridized carbons (Fsp3) is 0.917. The summed E-state index contributed by atoms with van der Waals surface area (Å²) in [5.74, 6) is 0.0552. The Morgan fingerprint density at radius 3 is 2.76 bits per heavy atom. The minimum Gasteiger partial charge on any atom is -0.385 e. The van der Waals surface area contributed by atoms with Crippen molar-refractivity contribution in [3.63, 3.8) is 0 Å². The van der Waals surface area contributed by atoms with Crippen molar-refractivity contribution in [1.29, 1.82) is 0 Å². The van der Waals surface area contributed by atoms with Gasteiger partial charge < -0.3 is 19.7 Å². The molecule has 0 aliphatic carbocycles. The number of methoxy groups -OCH3 is 1. The van der Waals surface area contributed by atoms with Gasteiger partial charge in [0.15, 0.2) is 0 Å². The number of hydrogen-bond donors (Lipinski definition) is 1. The van der Waals surface area contributed by atoms with Crippen molar-refractivity contribution in [2.45, 2.75) is 25.4 Å². The van der Waals surface area contributed by atoms with Gasteiger partial charge in [0.25, 0.3) is 0 Å². The van der Waals surface area contributed by atoms with Gasteiger partial charge in [-0.25, -0.2) is 0 Å². The molecule has 100 valence electrons. The zero-order valence-corrected chi connectivity index (χ0v) is 10.9. The maximum atomic E-state index is 11.7. The van der Waals surface area contributed by atoms with E-state index >= 15 is 0 Å². The number of hydrogen-bond acceptors (Lipinski definition) is 4. The van der Waals surface area contributed by atoms with Crippen LogP contribution in [0.4, 0.5) is 0 Å². The molecule has 1 rings (SSSR count). The SMILES string of the molecule is COCCCN(C)C(=O)COC1CCNCC1. The molecule has 5 nitrogen and oxygen atoms in total. The van der Waals surface area contributed by atoms with E-state index in [1.54, 1.807) is 12.0 Å². The van der Waals surface area contributed by atoms with Gasteiger partial charge >= 0.3 is 0 Å². The number of carbonyl (C=O) groups is 1. The zero-order chi connectivity index (χ0) is 12.5. The van der Waals surface area contributed by atoms with Crippen molar-refractivity contribution in [1.82, 2.24) is 10.2 Å². The van der Waals surface area contributed by atoms with Gasteiger partial charge in [-0.1, -0.05) is 0 Å². The van der Waals surface area contributed by atoms with Gasteiger partial charge in [0.2, 0.25) is 5.91 Å². The van der Waals surface area contributed by atoms with Crippen LogP contribution >= 0.6 is 0 Å². The molecule has 1 N–H and O–H groups in total. The van der Waals surface area contributed by atoms with Gasteiger partial charge in [0.05, 0.1) is 6.10 Å². The zero-order valence-electron chi connectivity index (χ0n) is 10.9. The van der Waals surface area contributed by atoms with Crippen LogP contribution in [0.5, 0.6) is 0 Å². The third-order valence-corrected chi connectivity index (χ3v) is 3.00. The average Bonchev–Trinajstić information content (AvgIpc) is 2.37. The highest BCUT2D eigenvalue weighted by Crippen LogP contribution is 2.07. The number of piperidine rings is 1. The lowest BCUT2D eigenvalue weighted by molar-refractivity contribution is -0.137. The number of ether oxygens (including phenoxy) is 2. The Balaban J connectivity index is 2.10. The minimum absolute atomic E-state index is 0.0552. The Bertz CT molecular complexity index is 218. The van der Waals surface area contributed by atoms with Gasteiger partial charge in [-0.15, -0.1) is 0 Å². The molecule has 1 aliphatic rings. The summed E-state index contributed by atoms with van der Waals surface area (Å²) >= 11 is 0. The van der Waals surface area contributed by atoms with E-state index in [1.165, 1.54) is 0 Å². The van der Waals surface area contributed by atoms with E-state index in [9.17, 15) is 4.79 Å². The molecule has 1 heterocycles. The van der Waals surface area contributed by atoms with Gasteiger partial charge in [-0.2, -0.15) is 0 Å². The van der Waals surface area contributed by atoms with Crippen molar-refractivity contribution in [3.05, 3.63) is 0 Å². The quantitative estimate of drug-likeness (QED) is 0.652. The van der Waals surface area contributed by atoms with Crippen LogP contribution in [0, 0.1) is 0 Å². The number of rotatable bonds is 7. The van der Waals surface area contributed by atoms with Gasteiger partial charge in [-0.3, -0.25) is 4.79 Å². The highest BCUT2D eigenvalue weighted by Gasteiger charge is 2.16. The second-order valence-corrected chi connectivity index (χ2v) is 4.42. The molecule has 0 unspecified atom stereocenters. The Hall–Kier alpha value is -0.650. The van der Waals surface area contributed by atoms with Gasteiger partial charge in [-0.05, 0) is 32.4 Å². The maximum absolute atomic E-state index is 11.7. The summed E-state index contributed by atoms with van der Waals surface area (Å²) in [7, 11) is 3.48. The molecule has 0 aromatic rings. The van der Waals surface area contributed by atoms with Crippen molar-refractivity contribution in [2.75, 3.05) is 47.0 Å². The standard InChI is InChI=1S/C12H24N2O3/c1-14(8-3-9-16-2)12(15)10-17-11-4-6-13-7-5-11/h11,13H,3-10H2,1-2H3. The summed E-state index contributed by atoms with van der Waals surface area (Å²) in [5.41, 5.74) is 0. The van der Waals surface area contributed by atoms with Crippen molar-refractivity contribution < 1.29 is 14.3 Å². The van der Waals surface area contributed by atoms with Crippen LogP contribution < -0.4 is 5.32 Å². The summed E-state index contributed by atoms with van der Waals surface area (Å²) in [5, 5.41) is 3.27. The number of carbonyl (C=O) groups excluding carboxylic acids is 1. The minimum atomic E-state index is 0.0552. The van der Waals surface area contributed by atoms with Crippen LogP contribution in [-0.2, 0) is 14.3 Å². The second kappa shape index (κ2) is 8.44. The van der Waals surface area contributed by atoms with Gasteiger partial charge in [0.1, 0.15) is 6.61 Å². The largest absolute Gasteiger partial charge is 0.385 e. The monoisotopic (exact) mass is 244 g/mol. The molecule has 0 bridgehead atoms. The Morgan fingerprint density at radius 1 is 1.41 bits per heavy atom. The molecule has 5 heteroatoms. The fourth-order valence-corrected chi connectivity index (χ4v) is 1.83. The lowest BCUT2D eigenvalue weighted by Crippen LogP contribution is -2.36. The molecule has 0 aromatic carbocycles. The lowest BCUT2D eigenvalue weighted by Gasteiger charge is -2.24. The first-order valence-corrected chi connectivity index (χ1v) is 6.29. The predicted molar refractivity (Wildman–Crippen MR) is 66.0 cm³/mol. The van der Waals surface area contributed by atoms with Crippen LogP contribution in [-0.4, -0.2) is 63.9 Å². The first kappa shape index (κ1) is 14.4. The predicted octanol–water partition coefficient (Wildman–Crippen LogP) is 0.250. The molecule has 0 saturated carbocycles. The van der Waals surface area contributed by atoms with E-state index in [2.05, 4.69) is 5.32 Å². The Labute approximate surface area is 103 Å². The number of nitrogens with zero attached hydrogens (tertiary/aromatic N) is 1. The van der Waals surface area contributed by atoms with Crippen LogP contribution in [0.25, 0.3) is 0 Å². The lowest BCUT2D eigenvalue weighted by atomic mass is 10.1.